The van der Waals surface area contributed by atoms with Gasteiger partial charge in [-0.2, -0.15) is 0 Å². The molecule has 106 valence electrons. The van der Waals surface area contributed by atoms with Gasteiger partial charge in [-0.1, -0.05) is 56.0 Å². The third-order valence-corrected chi connectivity index (χ3v) is 4.45. The van der Waals surface area contributed by atoms with Crippen molar-refractivity contribution < 1.29 is 4.74 Å². The van der Waals surface area contributed by atoms with Crippen molar-refractivity contribution in [1.29, 1.82) is 0 Å². The molecule has 1 unspecified atom stereocenters. The van der Waals surface area contributed by atoms with Gasteiger partial charge in [0.1, 0.15) is 0 Å². The summed E-state index contributed by atoms with van der Waals surface area (Å²) in [5.74, 6) is 0. The molecule has 2 rings (SSSR count). The molecule has 2 heteroatoms. The first-order valence-corrected chi connectivity index (χ1v) is 7.57. The molecule has 1 aromatic rings. The van der Waals surface area contributed by atoms with Crippen molar-refractivity contribution in [3.8, 4) is 0 Å². The van der Waals surface area contributed by atoms with Crippen LogP contribution in [0, 0.1) is 6.92 Å². The Kier molecular flexibility index (Phi) is 5.00. The van der Waals surface area contributed by atoms with Gasteiger partial charge < -0.3 is 10.1 Å². The largest absolute Gasteiger partial charge is 0.376 e. The molecule has 0 aliphatic heterocycles. The van der Waals surface area contributed by atoms with Crippen LogP contribution in [-0.4, -0.2) is 19.3 Å². The fraction of sp³-hybridized carbons (Fsp3) is 0.647. The van der Waals surface area contributed by atoms with Gasteiger partial charge in [-0.25, -0.2) is 0 Å². The molecule has 1 aliphatic rings. The van der Waals surface area contributed by atoms with Crippen LogP contribution in [0.4, 0.5) is 0 Å². The van der Waals surface area contributed by atoms with E-state index in [1.54, 1.807) is 0 Å². The van der Waals surface area contributed by atoms with Gasteiger partial charge in [-0.3, -0.25) is 0 Å². The van der Waals surface area contributed by atoms with E-state index in [1.165, 1.54) is 30.4 Å². The smallest absolute Gasteiger partial charge is 0.0872 e. The number of hydrogen-bond donors (Lipinski definition) is 1. The van der Waals surface area contributed by atoms with Crippen LogP contribution in [0.5, 0.6) is 0 Å². The highest BCUT2D eigenvalue weighted by Gasteiger charge is 2.40. The quantitative estimate of drug-likeness (QED) is 0.865. The van der Waals surface area contributed by atoms with Crippen molar-refractivity contribution >= 4 is 0 Å². The second-order valence-corrected chi connectivity index (χ2v) is 5.73. The minimum absolute atomic E-state index is 0.0243. The predicted molar refractivity (Wildman–Crippen MR) is 80.4 cm³/mol. The maximum absolute atomic E-state index is 6.02. The molecule has 1 fully saturated rings. The summed E-state index contributed by atoms with van der Waals surface area (Å²) in [6.07, 6.45) is 6.23. The van der Waals surface area contributed by atoms with Crippen molar-refractivity contribution in [2.24, 2.45) is 0 Å². The van der Waals surface area contributed by atoms with Gasteiger partial charge in [0.15, 0.2) is 0 Å². The van der Waals surface area contributed by atoms with Crippen LogP contribution in [0.15, 0.2) is 24.3 Å². The number of nitrogens with one attached hydrogen (secondary N) is 1. The van der Waals surface area contributed by atoms with E-state index in [-0.39, 0.29) is 5.60 Å². The molecule has 1 N–H and O–H groups in total. The minimum atomic E-state index is -0.0243. The first-order chi connectivity index (χ1) is 9.22. The van der Waals surface area contributed by atoms with E-state index >= 15 is 0 Å². The lowest BCUT2D eigenvalue weighted by molar-refractivity contribution is -0.0684. The van der Waals surface area contributed by atoms with Gasteiger partial charge in [-0.15, -0.1) is 0 Å². The molecule has 0 amide bonds. The lowest BCUT2D eigenvalue weighted by atomic mass is 9.76. The standard InChI is InChI=1S/C17H27NO/c1-4-18-16(15-10-8-14(2)9-11-15)17(19-3)12-6-5-7-13-17/h8-11,16,18H,4-7,12-13H2,1-3H3. The Morgan fingerprint density at radius 3 is 2.32 bits per heavy atom. The lowest BCUT2D eigenvalue weighted by Gasteiger charge is -2.43. The van der Waals surface area contributed by atoms with Crippen molar-refractivity contribution in [2.75, 3.05) is 13.7 Å². The molecule has 1 atom stereocenters. The van der Waals surface area contributed by atoms with Crippen LogP contribution in [0.1, 0.15) is 56.2 Å². The van der Waals surface area contributed by atoms with Crippen LogP contribution in [0.3, 0.4) is 0 Å². The minimum Gasteiger partial charge on any atom is -0.376 e. The predicted octanol–water partition coefficient (Wildman–Crippen LogP) is 3.99. The number of aryl methyl sites for hydroxylation is 1. The summed E-state index contributed by atoms with van der Waals surface area (Å²) in [5, 5.41) is 3.65. The molecular formula is C17H27NO. The molecule has 1 saturated carbocycles. The fourth-order valence-electron chi connectivity index (χ4n) is 3.33. The Morgan fingerprint density at radius 1 is 1.16 bits per heavy atom. The van der Waals surface area contributed by atoms with Gasteiger partial charge in [0.25, 0.3) is 0 Å². The number of methoxy groups -OCH3 is 1. The molecule has 0 spiro atoms. The average Bonchev–Trinajstić information content (AvgIpc) is 2.47. The van der Waals surface area contributed by atoms with E-state index in [4.69, 9.17) is 4.74 Å². The zero-order valence-corrected chi connectivity index (χ0v) is 12.5. The van der Waals surface area contributed by atoms with E-state index < -0.39 is 0 Å². The number of ether oxygens (including phenoxy) is 1. The first-order valence-electron chi connectivity index (χ1n) is 7.57. The molecular weight excluding hydrogens is 234 g/mol. The highest BCUT2D eigenvalue weighted by atomic mass is 16.5. The molecule has 0 bridgehead atoms. The Labute approximate surface area is 117 Å². The Morgan fingerprint density at radius 2 is 1.79 bits per heavy atom. The summed E-state index contributed by atoms with van der Waals surface area (Å²) >= 11 is 0. The van der Waals surface area contributed by atoms with Gasteiger partial charge in [0.2, 0.25) is 0 Å². The van der Waals surface area contributed by atoms with Crippen molar-refractivity contribution in [2.45, 2.75) is 57.6 Å². The van der Waals surface area contributed by atoms with Crippen molar-refractivity contribution in [1.82, 2.24) is 5.32 Å². The Bertz CT molecular complexity index is 379. The van der Waals surface area contributed by atoms with Gasteiger partial charge in [0.05, 0.1) is 11.6 Å². The summed E-state index contributed by atoms with van der Waals surface area (Å²) in [6, 6.07) is 9.21. The summed E-state index contributed by atoms with van der Waals surface area (Å²) in [5.41, 5.74) is 2.65. The van der Waals surface area contributed by atoms with Crippen molar-refractivity contribution in [3.05, 3.63) is 35.4 Å². The Hall–Kier alpha value is -0.860. The summed E-state index contributed by atoms with van der Waals surface area (Å²) in [6.45, 7) is 5.29. The van der Waals surface area contributed by atoms with E-state index in [0.29, 0.717) is 6.04 Å². The average molecular weight is 261 g/mol. The van der Waals surface area contributed by atoms with Crippen LogP contribution < -0.4 is 5.32 Å². The maximum Gasteiger partial charge on any atom is 0.0872 e. The third-order valence-electron chi connectivity index (χ3n) is 4.45. The molecule has 0 aromatic heterocycles. The summed E-state index contributed by atoms with van der Waals surface area (Å²) < 4.78 is 6.02. The number of rotatable bonds is 5. The highest BCUT2D eigenvalue weighted by molar-refractivity contribution is 5.27. The normalized spacial score (nSPS) is 20.2. The second kappa shape index (κ2) is 6.53. The van der Waals surface area contributed by atoms with Gasteiger partial charge >= 0.3 is 0 Å². The zero-order valence-electron chi connectivity index (χ0n) is 12.5. The second-order valence-electron chi connectivity index (χ2n) is 5.73. The summed E-state index contributed by atoms with van der Waals surface area (Å²) in [4.78, 5) is 0. The molecule has 19 heavy (non-hydrogen) atoms. The van der Waals surface area contributed by atoms with E-state index in [0.717, 1.165) is 19.4 Å². The van der Waals surface area contributed by atoms with Crippen LogP contribution >= 0.6 is 0 Å². The number of benzene rings is 1. The highest BCUT2D eigenvalue weighted by Crippen LogP contribution is 2.41. The molecule has 0 radical (unpaired) electrons. The molecule has 0 heterocycles. The zero-order chi connectivity index (χ0) is 13.7. The van der Waals surface area contributed by atoms with Gasteiger partial charge in [0, 0.05) is 7.11 Å². The van der Waals surface area contributed by atoms with Crippen molar-refractivity contribution in [3.63, 3.8) is 0 Å². The van der Waals surface area contributed by atoms with Gasteiger partial charge in [-0.05, 0) is 31.9 Å². The molecule has 1 aliphatic carbocycles. The SMILES string of the molecule is CCNC(c1ccc(C)cc1)C1(OC)CCCCC1. The lowest BCUT2D eigenvalue weighted by Crippen LogP contribution is -2.47. The van der Waals surface area contributed by atoms with Crippen LogP contribution in [-0.2, 0) is 4.74 Å². The first kappa shape index (κ1) is 14.5. The molecule has 1 aromatic carbocycles. The maximum atomic E-state index is 6.02. The summed E-state index contributed by atoms with van der Waals surface area (Å²) in [7, 11) is 1.88. The third kappa shape index (κ3) is 3.18. The van der Waals surface area contributed by atoms with E-state index in [1.807, 2.05) is 7.11 Å². The van der Waals surface area contributed by atoms with Crippen LogP contribution in [0.25, 0.3) is 0 Å². The molecule has 0 saturated heterocycles. The topological polar surface area (TPSA) is 21.3 Å². The number of likely N-dealkylation sites (N-methyl/N-ethyl adjacent to an activating group) is 1. The Balaban J connectivity index is 2.29. The molecule has 2 nitrogen and oxygen atoms in total. The van der Waals surface area contributed by atoms with E-state index in [9.17, 15) is 0 Å². The van der Waals surface area contributed by atoms with E-state index in [2.05, 4.69) is 43.4 Å². The number of hydrogen-bond acceptors (Lipinski definition) is 2. The monoisotopic (exact) mass is 261 g/mol. The fourth-order valence-corrected chi connectivity index (χ4v) is 3.33. The van der Waals surface area contributed by atoms with Crippen LogP contribution in [0.2, 0.25) is 0 Å².